The van der Waals surface area contributed by atoms with Crippen LogP contribution >= 0.6 is 0 Å². The maximum atomic E-state index is 4.45. The summed E-state index contributed by atoms with van der Waals surface area (Å²) >= 11 is 0. The third-order valence-electron chi connectivity index (χ3n) is 10.9. The van der Waals surface area contributed by atoms with E-state index < -0.39 is 0 Å². The maximum Gasteiger partial charge on any atom is 0.0162 e. The summed E-state index contributed by atoms with van der Waals surface area (Å²) in [5.41, 5.74) is 10.9. The Balaban J connectivity index is 1.38. The fourth-order valence-electron chi connectivity index (χ4n) is 9.08. The molecule has 0 amide bonds. The standard InChI is InChI=1S/C43H34/c1-7-29-39-32-19-17-25-11-8-9-14-30(25)31(32)21-22-34(39)42(3,4)41(29)40-24(2)36-33-20-18-27-13-10-12-26-15-16-28(38(33)37(26)27)23-35(36)43(40,5)6/h7-23H,1H2,2-6H3. The van der Waals surface area contributed by atoms with Crippen molar-refractivity contribution in [2.75, 3.05) is 0 Å². The Labute approximate surface area is 253 Å². The van der Waals surface area contributed by atoms with E-state index in [2.05, 4.69) is 144 Å². The van der Waals surface area contributed by atoms with Crippen LogP contribution in [0.3, 0.4) is 0 Å². The largest absolute Gasteiger partial charge is 0.0984 e. The molecule has 7 aromatic carbocycles. The van der Waals surface area contributed by atoms with E-state index in [1.54, 1.807) is 0 Å². The second-order valence-electron chi connectivity index (χ2n) is 13.8. The van der Waals surface area contributed by atoms with Gasteiger partial charge in [-0.15, -0.1) is 0 Å². The average Bonchev–Trinajstić information content (AvgIpc) is 3.36. The molecule has 0 radical (unpaired) electrons. The topological polar surface area (TPSA) is 0 Å². The van der Waals surface area contributed by atoms with E-state index in [0.717, 1.165) is 0 Å². The number of hydrogen-bond donors (Lipinski definition) is 0. The molecule has 0 aliphatic heterocycles. The van der Waals surface area contributed by atoms with Crippen molar-refractivity contribution in [1.82, 2.24) is 0 Å². The van der Waals surface area contributed by atoms with Gasteiger partial charge in [0, 0.05) is 10.8 Å². The van der Waals surface area contributed by atoms with E-state index in [4.69, 9.17) is 0 Å². The maximum absolute atomic E-state index is 4.45. The van der Waals surface area contributed by atoms with Crippen LogP contribution in [0.15, 0.2) is 121 Å². The van der Waals surface area contributed by atoms with Crippen molar-refractivity contribution in [2.45, 2.75) is 45.4 Å². The van der Waals surface area contributed by atoms with Crippen molar-refractivity contribution in [2.24, 2.45) is 0 Å². The zero-order chi connectivity index (χ0) is 29.4. The van der Waals surface area contributed by atoms with Gasteiger partial charge in [0.05, 0.1) is 0 Å². The first-order chi connectivity index (χ1) is 20.7. The van der Waals surface area contributed by atoms with Gasteiger partial charge in [0.15, 0.2) is 0 Å². The Kier molecular flexibility index (Phi) is 4.64. The molecule has 206 valence electrons. The zero-order valence-corrected chi connectivity index (χ0v) is 25.5. The minimum atomic E-state index is -0.166. The lowest BCUT2D eigenvalue weighted by Crippen LogP contribution is -2.26. The smallest absolute Gasteiger partial charge is 0.0162 e. The summed E-state index contributed by atoms with van der Waals surface area (Å²) in [5.74, 6) is 0. The summed E-state index contributed by atoms with van der Waals surface area (Å²) < 4.78 is 0. The molecule has 0 aromatic heterocycles. The molecule has 0 unspecified atom stereocenters. The summed E-state index contributed by atoms with van der Waals surface area (Å²) in [6.07, 6.45) is 2.14. The van der Waals surface area contributed by atoms with Crippen LogP contribution in [0.2, 0.25) is 0 Å². The molecule has 0 spiro atoms. The first kappa shape index (κ1) is 24.9. The molecule has 0 bridgehead atoms. The predicted molar refractivity (Wildman–Crippen MR) is 187 cm³/mol. The second kappa shape index (κ2) is 8.03. The van der Waals surface area contributed by atoms with E-state index >= 15 is 0 Å². The van der Waals surface area contributed by atoms with Gasteiger partial charge in [0.2, 0.25) is 0 Å². The summed E-state index contributed by atoms with van der Waals surface area (Å²) in [5, 5.41) is 13.4. The molecular formula is C43H34. The van der Waals surface area contributed by atoms with Gasteiger partial charge in [-0.25, -0.2) is 0 Å². The normalized spacial score (nSPS) is 17.2. The first-order valence-electron chi connectivity index (χ1n) is 15.5. The highest BCUT2D eigenvalue weighted by molar-refractivity contribution is 6.25. The van der Waals surface area contributed by atoms with Crippen molar-refractivity contribution in [1.29, 1.82) is 0 Å². The van der Waals surface area contributed by atoms with E-state index in [1.807, 2.05) is 0 Å². The quantitative estimate of drug-likeness (QED) is 0.188. The highest BCUT2D eigenvalue weighted by atomic mass is 14.5. The van der Waals surface area contributed by atoms with Crippen LogP contribution in [0.1, 0.15) is 56.9 Å². The minimum absolute atomic E-state index is 0.157. The molecule has 0 N–H and O–H groups in total. The van der Waals surface area contributed by atoms with Gasteiger partial charge >= 0.3 is 0 Å². The molecule has 7 aromatic rings. The van der Waals surface area contributed by atoms with Gasteiger partial charge in [0.1, 0.15) is 0 Å². The monoisotopic (exact) mass is 550 g/mol. The van der Waals surface area contributed by atoms with Gasteiger partial charge < -0.3 is 0 Å². The summed E-state index contributed by atoms with van der Waals surface area (Å²) in [7, 11) is 0. The molecule has 43 heavy (non-hydrogen) atoms. The highest BCUT2D eigenvalue weighted by Gasteiger charge is 2.47. The fourth-order valence-corrected chi connectivity index (χ4v) is 9.08. The van der Waals surface area contributed by atoms with Crippen LogP contribution in [0, 0.1) is 0 Å². The Bertz CT molecular complexity index is 2440. The molecular weight excluding hydrogens is 516 g/mol. The van der Waals surface area contributed by atoms with E-state index in [9.17, 15) is 0 Å². The highest BCUT2D eigenvalue weighted by Crippen LogP contribution is 2.60. The van der Waals surface area contributed by atoms with Crippen LogP contribution in [-0.4, -0.2) is 0 Å². The lowest BCUT2D eigenvalue weighted by atomic mass is 9.69. The van der Waals surface area contributed by atoms with Gasteiger partial charge in [-0.2, -0.15) is 0 Å². The van der Waals surface area contributed by atoms with Gasteiger partial charge in [-0.3, -0.25) is 0 Å². The van der Waals surface area contributed by atoms with Crippen molar-refractivity contribution < 1.29 is 0 Å². The van der Waals surface area contributed by atoms with Crippen LogP contribution in [0.25, 0.3) is 65.0 Å². The number of benzene rings is 7. The van der Waals surface area contributed by atoms with Crippen molar-refractivity contribution in [3.05, 3.63) is 143 Å². The molecule has 9 rings (SSSR count). The third kappa shape index (κ3) is 2.92. The molecule has 0 saturated carbocycles. The van der Waals surface area contributed by atoms with E-state index in [1.165, 1.54) is 98.4 Å². The average molecular weight is 551 g/mol. The summed E-state index contributed by atoms with van der Waals surface area (Å²) in [4.78, 5) is 0. The predicted octanol–water partition coefficient (Wildman–Crippen LogP) is 11.9. The molecule has 2 aliphatic carbocycles. The van der Waals surface area contributed by atoms with Gasteiger partial charge in [-0.05, 0) is 111 Å². The molecule has 0 fully saturated rings. The van der Waals surface area contributed by atoms with Crippen LogP contribution in [0.5, 0.6) is 0 Å². The summed E-state index contributed by atoms with van der Waals surface area (Å²) in [6.45, 7) is 16.5. The molecule has 0 heterocycles. The van der Waals surface area contributed by atoms with Crippen LogP contribution in [-0.2, 0) is 10.8 Å². The van der Waals surface area contributed by atoms with Gasteiger partial charge in [0.25, 0.3) is 0 Å². The molecule has 0 heteroatoms. The number of rotatable bonds is 2. The molecule has 0 nitrogen and oxygen atoms in total. The van der Waals surface area contributed by atoms with E-state index in [0.29, 0.717) is 0 Å². The Morgan fingerprint density at radius 1 is 0.512 bits per heavy atom. The Hall–Kier alpha value is -4.68. The van der Waals surface area contributed by atoms with Crippen molar-refractivity contribution >= 4 is 65.0 Å². The Morgan fingerprint density at radius 3 is 1.93 bits per heavy atom. The second-order valence-corrected chi connectivity index (χ2v) is 13.8. The van der Waals surface area contributed by atoms with Gasteiger partial charge in [-0.1, -0.05) is 131 Å². The lowest BCUT2D eigenvalue weighted by Gasteiger charge is -2.34. The fraction of sp³-hybridized carbons (Fsp3) is 0.163. The molecule has 0 saturated heterocycles. The van der Waals surface area contributed by atoms with Crippen LogP contribution < -0.4 is 0 Å². The minimum Gasteiger partial charge on any atom is -0.0984 e. The number of allylic oxidation sites excluding steroid dienone is 5. The first-order valence-corrected chi connectivity index (χ1v) is 15.5. The third-order valence-corrected chi connectivity index (χ3v) is 10.9. The van der Waals surface area contributed by atoms with Crippen molar-refractivity contribution in [3.8, 4) is 0 Å². The Morgan fingerprint density at radius 2 is 1.14 bits per heavy atom. The van der Waals surface area contributed by atoms with Crippen molar-refractivity contribution in [3.63, 3.8) is 0 Å². The SMILES string of the molecule is C=CC1=C(C2=C(C)c3c(cc4ccc5cccc6ccc3c4c56)C2(C)C)C(C)(C)c2ccc3c(ccc4ccccc43)c21. The zero-order valence-electron chi connectivity index (χ0n) is 25.5. The molecule has 0 atom stereocenters. The molecule has 2 aliphatic rings. The van der Waals surface area contributed by atoms with Crippen LogP contribution in [0.4, 0.5) is 0 Å². The number of fused-ring (bicyclic) bond motifs is 7. The van der Waals surface area contributed by atoms with E-state index in [-0.39, 0.29) is 10.8 Å². The number of hydrogen-bond acceptors (Lipinski definition) is 0. The lowest BCUT2D eigenvalue weighted by molar-refractivity contribution is 0.583. The summed E-state index contributed by atoms with van der Waals surface area (Å²) in [6, 6.07) is 36.6.